The molecule has 0 fully saturated rings. The number of amides is 1. The number of carbonyl (C=O) groups is 1. The minimum absolute atomic E-state index is 0.0700. The summed E-state index contributed by atoms with van der Waals surface area (Å²) in [5.41, 5.74) is 6.48. The lowest BCUT2D eigenvalue weighted by atomic mass is 9.84. The normalized spacial score (nSPS) is 11.3. The topological polar surface area (TPSA) is 55.1 Å². The molecule has 0 aliphatic heterocycles. The molecule has 1 aromatic rings. The van der Waals surface area contributed by atoms with Gasteiger partial charge >= 0.3 is 0 Å². The molecular formula is C14H21BrN2O. The van der Waals surface area contributed by atoms with Gasteiger partial charge in [-0.25, -0.2) is 0 Å². The van der Waals surface area contributed by atoms with Crippen LogP contribution in [0.15, 0.2) is 28.7 Å². The highest BCUT2D eigenvalue weighted by atomic mass is 79.9. The van der Waals surface area contributed by atoms with Gasteiger partial charge in [-0.15, -0.1) is 0 Å². The number of benzene rings is 1. The maximum Gasteiger partial charge on any atom is 0.220 e. The van der Waals surface area contributed by atoms with E-state index in [0.717, 1.165) is 10.9 Å². The van der Waals surface area contributed by atoms with Gasteiger partial charge in [-0.1, -0.05) is 48.0 Å². The minimum atomic E-state index is -0.0987. The van der Waals surface area contributed by atoms with Crippen molar-refractivity contribution >= 4 is 21.8 Å². The SMILES string of the molecule is CC(C)(CNC(=O)CCCN)c1ccccc1Br. The van der Waals surface area contributed by atoms with Crippen molar-refractivity contribution in [3.05, 3.63) is 34.3 Å². The third kappa shape index (κ3) is 4.42. The Hall–Kier alpha value is -0.870. The fourth-order valence-corrected chi connectivity index (χ4v) is 2.60. The van der Waals surface area contributed by atoms with Crippen molar-refractivity contribution < 1.29 is 4.79 Å². The highest BCUT2D eigenvalue weighted by Crippen LogP contribution is 2.29. The van der Waals surface area contributed by atoms with Crippen LogP contribution >= 0.6 is 15.9 Å². The molecule has 0 aliphatic rings. The van der Waals surface area contributed by atoms with E-state index in [1.807, 2.05) is 18.2 Å². The second-order valence-corrected chi connectivity index (χ2v) is 5.89. The average molecular weight is 313 g/mol. The first kappa shape index (κ1) is 15.2. The highest BCUT2D eigenvalue weighted by Gasteiger charge is 2.23. The minimum Gasteiger partial charge on any atom is -0.355 e. The molecule has 0 saturated carbocycles. The molecule has 0 spiro atoms. The molecule has 18 heavy (non-hydrogen) atoms. The van der Waals surface area contributed by atoms with E-state index in [1.54, 1.807) is 0 Å². The number of rotatable bonds is 6. The number of carbonyl (C=O) groups excluding carboxylic acids is 1. The second-order valence-electron chi connectivity index (χ2n) is 5.03. The predicted molar refractivity (Wildman–Crippen MR) is 78.5 cm³/mol. The zero-order chi connectivity index (χ0) is 13.6. The maximum absolute atomic E-state index is 11.6. The zero-order valence-electron chi connectivity index (χ0n) is 11.0. The van der Waals surface area contributed by atoms with Gasteiger partial charge in [-0.3, -0.25) is 4.79 Å². The summed E-state index contributed by atoms with van der Waals surface area (Å²) in [6.45, 7) is 5.42. The van der Waals surface area contributed by atoms with Crippen molar-refractivity contribution in [2.24, 2.45) is 5.73 Å². The van der Waals surface area contributed by atoms with Gasteiger partial charge in [0.2, 0.25) is 5.91 Å². The van der Waals surface area contributed by atoms with Crippen LogP contribution in [-0.4, -0.2) is 19.0 Å². The summed E-state index contributed by atoms with van der Waals surface area (Å²) in [4.78, 5) is 11.6. The van der Waals surface area contributed by atoms with Crippen LogP contribution in [0.5, 0.6) is 0 Å². The van der Waals surface area contributed by atoms with Crippen molar-refractivity contribution in [2.45, 2.75) is 32.1 Å². The van der Waals surface area contributed by atoms with E-state index < -0.39 is 0 Å². The van der Waals surface area contributed by atoms with Crippen molar-refractivity contribution in [1.82, 2.24) is 5.32 Å². The lowest BCUT2D eigenvalue weighted by Gasteiger charge is -2.26. The van der Waals surface area contributed by atoms with Crippen molar-refractivity contribution in [2.75, 3.05) is 13.1 Å². The van der Waals surface area contributed by atoms with E-state index in [2.05, 4.69) is 41.2 Å². The van der Waals surface area contributed by atoms with Crippen LogP contribution in [0.3, 0.4) is 0 Å². The molecule has 0 aliphatic carbocycles. The summed E-state index contributed by atoms with van der Waals surface area (Å²) >= 11 is 3.55. The average Bonchev–Trinajstić information content (AvgIpc) is 2.34. The zero-order valence-corrected chi connectivity index (χ0v) is 12.6. The smallest absolute Gasteiger partial charge is 0.220 e. The molecule has 0 heterocycles. The van der Waals surface area contributed by atoms with E-state index in [4.69, 9.17) is 5.73 Å². The second kappa shape index (κ2) is 6.90. The molecule has 0 saturated heterocycles. The fourth-order valence-electron chi connectivity index (χ4n) is 1.78. The Bertz CT molecular complexity index is 405. The fraction of sp³-hybridized carbons (Fsp3) is 0.500. The van der Waals surface area contributed by atoms with E-state index >= 15 is 0 Å². The van der Waals surface area contributed by atoms with E-state index in [1.165, 1.54) is 5.56 Å². The third-order valence-electron chi connectivity index (χ3n) is 2.94. The Labute approximate surface area is 117 Å². The first-order valence-corrected chi connectivity index (χ1v) is 6.98. The van der Waals surface area contributed by atoms with Gasteiger partial charge in [-0.05, 0) is 24.6 Å². The van der Waals surface area contributed by atoms with Gasteiger partial charge in [0, 0.05) is 22.9 Å². The Morgan fingerprint density at radius 2 is 2.06 bits per heavy atom. The number of hydrogen-bond donors (Lipinski definition) is 2. The molecule has 0 aromatic heterocycles. The molecule has 0 radical (unpaired) electrons. The summed E-state index contributed by atoms with van der Waals surface area (Å²) in [6.07, 6.45) is 1.24. The lowest BCUT2D eigenvalue weighted by molar-refractivity contribution is -0.121. The number of hydrogen-bond acceptors (Lipinski definition) is 2. The molecule has 1 rings (SSSR count). The molecular weight excluding hydrogens is 292 g/mol. The monoisotopic (exact) mass is 312 g/mol. The Morgan fingerprint density at radius 1 is 1.39 bits per heavy atom. The maximum atomic E-state index is 11.6. The van der Waals surface area contributed by atoms with Crippen LogP contribution in [0.4, 0.5) is 0 Å². The van der Waals surface area contributed by atoms with Crippen LogP contribution in [0.2, 0.25) is 0 Å². The number of nitrogens with two attached hydrogens (primary N) is 1. The molecule has 0 atom stereocenters. The van der Waals surface area contributed by atoms with Crippen LogP contribution in [0.25, 0.3) is 0 Å². The van der Waals surface area contributed by atoms with Gasteiger partial charge in [0.25, 0.3) is 0 Å². The van der Waals surface area contributed by atoms with Gasteiger partial charge in [0.15, 0.2) is 0 Å². The molecule has 4 heteroatoms. The number of halogens is 1. The number of nitrogens with one attached hydrogen (secondary N) is 1. The van der Waals surface area contributed by atoms with Gasteiger partial charge in [-0.2, -0.15) is 0 Å². The quantitative estimate of drug-likeness (QED) is 0.848. The molecule has 0 unspecified atom stereocenters. The van der Waals surface area contributed by atoms with E-state index in [9.17, 15) is 4.79 Å². The molecule has 1 aromatic carbocycles. The summed E-state index contributed by atoms with van der Waals surface area (Å²) in [5, 5.41) is 2.97. The summed E-state index contributed by atoms with van der Waals surface area (Å²) in [7, 11) is 0. The lowest BCUT2D eigenvalue weighted by Crippen LogP contribution is -2.37. The molecule has 3 nitrogen and oxygen atoms in total. The predicted octanol–water partition coefficient (Wildman–Crippen LogP) is 2.58. The van der Waals surface area contributed by atoms with Crippen LogP contribution in [0, 0.1) is 0 Å². The van der Waals surface area contributed by atoms with Gasteiger partial charge in [0.05, 0.1) is 0 Å². The Kier molecular flexibility index (Phi) is 5.82. The van der Waals surface area contributed by atoms with Crippen molar-refractivity contribution in [3.63, 3.8) is 0 Å². The van der Waals surface area contributed by atoms with E-state index in [-0.39, 0.29) is 11.3 Å². The molecule has 1 amide bonds. The first-order valence-electron chi connectivity index (χ1n) is 6.19. The molecule has 100 valence electrons. The summed E-state index contributed by atoms with van der Waals surface area (Å²) < 4.78 is 1.08. The Balaban J connectivity index is 2.60. The van der Waals surface area contributed by atoms with Crippen LogP contribution in [0.1, 0.15) is 32.3 Å². The van der Waals surface area contributed by atoms with Gasteiger partial charge < -0.3 is 11.1 Å². The van der Waals surface area contributed by atoms with Gasteiger partial charge in [0.1, 0.15) is 0 Å². The largest absolute Gasteiger partial charge is 0.355 e. The van der Waals surface area contributed by atoms with Crippen LogP contribution in [-0.2, 0) is 10.2 Å². The van der Waals surface area contributed by atoms with Crippen molar-refractivity contribution in [3.8, 4) is 0 Å². The molecule has 0 bridgehead atoms. The van der Waals surface area contributed by atoms with E-state index in [0.29, 0.717) is 19.5 Å². The summed E-state index contributed by atoms with van der Waals surface area (Å²) in [5.74, 6) is 0.0700. The standard InChI is InChI=1S/C14H21BrN2O/c1-14(2,10-17-13(18)8-5-9-16)11-6-3-4-7-12(11)15/h3-4,6-7H,5,8-10,16H2,1-2H3,(H,17,18). The third-order valence-corrected chi connectivity index (χ3v) is 3.63. The van der Waals surface area contributed by atoms with Crippen LogP contribution < -0.4 is 11.1 Å². The van der Waals surface area contributed by atoms with Crippen molar-refractivity contribution in [1.29, 1.82) is 0 Å². The summed E-state index contributed by atoms with van der Waals surface area (Å²) in [6, 6.07) is 8.10. The first-order chi connectivity index (χ1) is 8.47. The highest BCUT2D eigenvalue weighted by molar-refractivity contribution is 9.10. The Morgan fingerprint density at radius 3 is 2.67 bits per heavy atom. The molecule has 3 N–H and O–H groups in total.